The molecule has 0 amide bonds. The summed E-state index contributed by atoms with van der Waals surface area (Å²) in [5.74, 6) is 3.26. The fraction of sp³-hybridized carbons (Fsp3) is 0.364. The Balaban J connectivity index is 1.05. The zero-order valence-corrected chi connectivity index (χ0v) is 35.3. The number of thiophene rings is 2. The quantitative estimate of drug-likeness (QED) is 0.0745. The number of nitrogens with one attached hydrogen (secondary N) is 2. The Morgan fingerprint density at radius 2 is 1.00 bits per heavy atom. The van der Waals surface area contributed by atoms with Crippen molar-refractivity contribution in [2.75, 3.05) is 13.2 Å². The van der Waals surface area contributed by atoms with Gasteiger partial charge in [0.2, 0.25) is 10.3 Å². The smallest absolute Gasteiger partial charge is 0.212 e. The van der Waals surface area contributed by atoms with Crippen LogP contribution in [0.25, 0.3) is 31.8 Å². The van der Waals surface area contributed by atoms with E-state index >= 15 is 0 Å². The van der Waals surface area contributed by atoms with Crippen LogP contribution in [-0.4, -0.2) is 34.9 Å². The number of ether oxygens (including phenoxy) is 2. The molecular weight excluding hydrogens is 773 g/mol. The topological polar surface area (TPSA) is 93.0 Å². The number of aliphatic imine (C=N–C) groups is 2. The Hall–Kier alpha value is -4.36. The molecule has 0 bridgehead atoms. The second kappa shape index (κ2) is 18.7. The Morgan fingerprint density at radius 1 is 0.554 bits per heavy atom. The molecule has 2 N–H and O–H groups in total. The van der Waals surface area contributed by atoms with Crippen molar-refractivity contribution in [1.82, 2.24) is 20.6 Å². The first-order valence-electron chi connectivity index (χ1n) is 20.0. The lowest BCUT2D eigenvalue weighted by Gasteiger charge is -2.08. The van der Waals surface area contributed by atoms with Crippen molar-refractivity contribution in [1.29, 1.82) is 0 Å². The van der Waals surface area contributed by atoms with E-state index in [-0.39, 0.29) is 0 Å². The SMILES string of the molecule is CCCCCCCCOc1ccc2nc(/N=C3\NC(c4cccs4)=C4C3=C(c3cccs3)N/C4=N\c3nc4ccc(OCCCCCCCC)cc4s3)sc2c1. The van der Waals surface area contributed by atoms with Crippen molar-refractivity contribution in [2.24, 2.45) is 9.98 Å². The van der Waals surface area contributed by atoms with Crippen LogP contribution in [0.4, 0.5) is 10.3 Å². The minimum Gasteiger partial charge on any atom is -0.494 e. The first-order valence-corrected chi connectivity index (χ1v) is 23.4. The van der Waals surface area contributed by atoms with Crippen molar-refractivity contribution < 1.29 is 9.47 Å². The van der Waals surface area contributed by atoms with Crippen LogP contribution in [0.15, 0.2) is 92.6 Å². The van der Waals surface area contributed by atoms with E-state index in [1.807, 2.05) is 24.3 Å². The molecule has 56 heavy (non-hydrogen) atoms. The van der Waals surface area contributed by atoms with E-state index in [2.05, 4.69) is 71.6 Å². The molecule has 8 rings (SSSR count). The van der Waals surface area contributed by atoms with Gasteiger partial charge in [0.15, 0.2) is 0 Å². The van der Waals surface area contributed by atoms with Crippen LogP contribution in [-0.2, 0) is 0 Å². The van der Waals surface area contributed by atoms with Gasteiger partial charge in [-0.15, -0.1) is 22.7 Å². The van der Waals surface area contributed by atoms with Crippen LogP contribution in [0.3, 0.4) is 0 Å². The van der Waals surface area contributed by atoms with E-state index < -0.39 is 0 Å². The lowest BCUT2D eigenvalue weighted by atomic mass is 10.1. The first-order chi connectivity index (χ1) is 27.7. The maximum Gasteiger partial charge on any atom is 0.212 e. The van der Waals surface area contributed by atoms with E-state index in [0.717, 1.165) is 102 Å². The monoisotopic (exact) mass is 820 g/mol. The van der Waals surface area contributed by atoms with E-state index in [9.17, 15) is 0 Å². The molecule has 8 nitrogen and oxygen atoms in total. The molecule has 0 atom stereocenters. The number of amidine groups is 2. The highest BCUT2D eigenvalue weighted by Crippen LogP contribution is 2.43. The summed E-state index contributed by atoms with van der Waals surface area (Å²) in [6.45, 7) is 5.97. The van der Waals surface area contributed by atoms with Crippen molar-refractivity contribution in [3.8, 4) is 11.5 Å². The number of thiazole rings is 2. The third kappa shape index (κ3) is 9.09. The largest absolute Gasteiger partial charge is 0.494 e. The predicted molar refractivity (Wildman–Crippen MR) is 240 cm³/mol. The number of hydrogen-bond acceptors (Lipinski definition) is 10. The number of nitrogens with zero attached hydrogens (tertiary/aromatic N) is 4. The van der Waals surface area contributed by atoms with Gasteiger partial charge in [-0.05, 0) is 72.1 Å². The molecule has 0 saturated carbocycles. The summed E-state index contributed by atoms with van der Waals surface area (Å²) >= 11 is 6.53. The normalized spacial score (nSPS) is 15.5. The minimum absolute atomic E-state index is 0.687. The average molecular weight is 821 g/mol. The van der Waals surface area contributed by atoms with Crippen molar-refractivity contribution in [3.63, 3.8) is 0 Å². The van der Waals surface area contributed by atoms with Crippen LogP contribution >= 0.6 is 45.3 Å². The van der Waals surface area contributed by atoms with Gasteiger partial charge < -0.3 is 20.1 Å². The Morgan fingerprint density at radius 3 is 1.43 bits per heavy atom. The van der Waals surface area contributed by atoms with E-state index in [1.165, 1.54) is 64.2 Å². The van der Waals surface area contributed by atoms with E-state index in [1.54, 1.807) is 45.3 Å². The lowest BCUT2D eigenvalue weighted by molar-refractivity contribution is 0.304. The van der Waals surface area contributed by atoms with E-state index in [0.29, 0.717) is 10.3 Å². The average Bonchev–Trinajstić information content (AvgIpc) is 4.06. The molecule has 0 radical (unpaired) electrons. The molecule has 0 saturated heterocycles. The lowest BCUT2D eigenvalue weighted by Crippen LogP contribution is -2.21. The van der Waals surface area contributed by atoms with E-state index in [4.69, 9.17) is 29.4 Å². The molecular formula is C44H48N6O2S4. The summed E-state index contributed by atoms with van der Waals surface area (Å²) in [6, 6.07) is 20.7. The molecule has 0 unspecified atom stereocenters. The zero-order chi connectivity index (χ0) is 38.1. The first kappa shape index (κ1) is 38.5. The predicted octanol–water partition coefficient (Wildman–Crippen LogP) is 13.3. The second-order valence-electron chi connectivity index (χ2n) is 14.1. The zero-order valence-electron chi connectivity index (χ0n) is 32.1. The van der Waals surface area contributed by atoms with Gasteiger partial charge in [-0.1, -0.05) is 113 Å². The standard InChI is InChI=1S/C44H48N6O2S4/c1-3-5-7-9-11-13-23-51-29-19-21-31-35(27-29)55-43(45-31)49-41-37-38(40(47-41)34-18-16-26-54-34)42(48-39(37)33-17-15-25-53-33)50-44-46-32-22-20-30(28-36(32)56-44)52-24-14-12-10-8-6-4-2/h15-22,25-28H,3-14,23-24H2,1-2H3,(H,45,47,49)(H,46,48,50). The molecule has 290 valence electrons. The Labute approximate surface area is 345 Å². The highest BCUT2D eigenvalue weighted by molar-refractivity contribution is 7.22. The second-order valence-corrected chi connectivity index (χ2v) is 18.0. The van der Waals surface area contributed by atoms with Gasteiger partial charge in [-0.25, -0.2) is 20.0 Å². The number of rotatable bonds is 20. The van der Waals surface area contributed by atoms with Crippen molar-refractivity contribution in [3.05, 3.63) is 92.3 Å². The molecule has 0 spiro atoms. The van der Waals surface area contributed by atoms with Gasteiger partial charge in [0.1, 0.15) is 23.2 Å². The summed E-state index contributed by atoms with van der Waals surface area (Å²) < 4.78 is 14.4. The summed E-state index contributed by atoms with van der Waals surface area (Å²) in [7, 11) is 0. The number of fused-ring (bicyclic) bond motifs is 3. The van der Waals surface area contributed by atoms with Gasteiger partial charge in [0.05, 0.1) is 65.9 Å². The molecule has 2 aliphatic rings. The number of benzene rings is 2. The van der Waals surface area contributed by atoms with Gasteiger partial charge >= 0.3 is 0 Å². The molecule has 6 heterocycles. The van der Waals surface area contributed by atoms with Crippen LogP contribution in [0.5, 0.6) is 11.5 Å². The number of aromatic nitrogens is 2. The fourth-order valence-electron chi connectivity index (χ4n) is 6.99. The molecule has 4 aromatic heterocycles. The van der Waals surface area contributed by atoms with Gasteiger partial charge in [0.25, 0.3) is 0 Å². The molecule has 0 fully saturated rings. The summed E-state index contributed by atoms with van der Waals surface area (Å²) in [4.78, 5) is 22.5. The van der Waals surface area contributed by atoms with Crippen molar-refractivity contribution in [2.45, 2.75) is 90.9 Å². The van der Waals surface area contributed by atoms with Gasteiger partial charge in [0, 0.05) is 0 Å². The van der Waals surface area contributed by atoms with Gasteiger partial charge in [-0.2, -0.15) is 0 Å². The van der Waals surface area contributed by atoms with Crippen LogP contribution < -0.4 is 20.1 Å². The third-order valence-corrected chi connectivity index (χ3v) is 13.5. The highest BCUT2D eigenvalue weighted by atomic mass is 32.1. The summed E-state index contributed by atoms with van der Waals surface area (Å²) in [5.41, 5.74) is 5.76. The fourth-order valence-corrected chi connectivity index (χ4v) is 10.2. The summed E-state index contributed by atoms with van der Waals surface area (Å²) in [5, 5.41) is 13.0. The minimum atomic E-state index is 0.687. The van der Waals surface area contributed by atoms with Crippen LogP contribution in [0, 0.1) is 0 Å². The highest BCUT2D eigenvalue weighted by Gasteiger charge is 2.39. The molecule has 12 heteroatoms. The third-order valence-electron chi connectivity index (χ3n) is 9.89. The maximum absolute atomic E-state index is 6.14. The number of unbranched alkanes of at least 4 members (excludes halogenated alkanes) is 10. The van der Waals surface area contributed by atoms with Crippen LogP contribution in [0.1, 0.15) is 101 Å². The molecule has 2 aliphatic heterocycles. The Kier molecular flexibility index (Phi) is 12.9. The Bertz CT molecular complexity index is 2200. The van der Waals surface area contributed by atoms with Crippen molar-refractivity contribution >= 4 is 99.1 Å². The van der Waals surface area contributed by atoms with Crippen LogP contribution in [0.2, 0.25) is 0 Å². The molecule has 6 aromatic rings. The summed E-state index contributed by atoms with van der Waals surface area (Å²) in [6.07, 6.45) is 14.9. The maximum atomic E-state index is 6.14. The molecule has 2 aromatic carbocycles. The van der Waals surface area contributed by atoms with Gasteiger partial charge in [-0.3, -0.25) is 0 Å². The molecule has 0 aliphatic carbocycles. The number of hydrogen-bond donors (Lipinski definition) is 2.